The standard InChI is InChI=1S/C41H27NO/c1-41(2)33-14-8-7-13-29(33)30-18-17-26(21-34(30)41)42-35-19-15-24-9-3-5-11-27(24)39(35)31-22-32-38(23-36(31)42)43-37-20-16-25-10-4-6-12-28(25)40(32)37/h3-23H,1-2H3. The van der Waals surface area contributed by atoms with Crippen LogP contribution < -0.4 is 0 Å². The summed E-state index contributed by atoms with van der Waals surface area (Å²) in [6, 6.07) is 46.7. The van der Waals surface area contributed by atoms with Crippen molar-refractivity contribution in [1.82, 2.24) is 4.57 Å². The summed E-state index contributed by atoms with van der Waals surface area (Å²) in [4.78, 5) is 0. The Morgan fingerprint density at radius 2 is 1.19 bits per heavy atom. The SMILES string of the molecule is CC1(C)c2ccccc2-c2ccc(-n3c4cc5oc6ccc7ccccc7c6c5cc4c4c5ccccc5ccc43)cc21. The third-order valence-electron chi connectivity index (χ3n) is 9.96. The van der Waals surface area contributed by atoms with Gasteiger partial charge < -0.3 is 8.98 Å². The maximum Gasteiger partial charge on any atom is 0.137 e. The first-order valence-corrected chi connectivity index (χ1v) is 15.0. The van der Waals surface area contributed by atoms with Crippen LogP contribution in [0.2, 0.25) is 0 Å². The Morgan fingerprint density at radius 3 is 2.02 bits per heavy atom. The van der Waals surface area contributed by atoms with Crippen LogP contribution in [0.5, 0.6) is 0 Å². The topological polar surface area (TPSA) is 18.1 Å². The van der Waals surface area contributed by atoms with E-state index < -0.39 is 0 Å². The third-order valence-corrected chi connectivity index (χ3v) is 9.96. The van der Waals surface area contributed by atoms with Crippen LogP contribution in [-0.2, 0) is 5.41 Å². The number of nitrogens with zero attached hydrogens (tertiary/aromatic N) is 1. The maximum absolute atomic E-state index is 6.58. The summed E-state index contributed by atoms with van der Waals surface area (Å²) in [5, 5.41) is 9.87. The molecule has 1 aliphatic rings. The smallest absolute Gasteiger partial charge is 0.137 e. The summed E-state index contributed by atoms with van der Waals surface area (Å²) in [7, 11) is 0. The summed E-state index contributed by atoms with van der Waals surface area (Å²) in [5.74, 6) is 0. The molecular formula is C41H27NO. The van der Waals surface area contributed by atoms with E-state index in [1.165, 1.54) is 71.2 Å². The fraction of sp³-hybridized carbons (Fsp3) is 0.0732. The lowest BCUT2D eigenvalue weighted by atomic mass is 9.82. The van der Waals surface area contributed by atoms with E-state index in [2.05, 4.69) is 146 Å². The van der Waals surface area contributed by atoms with E-state index in [9.17, 15) is 0 Å². The second kappa shape index (κ2) is 7.93. The first-order chi connectivity index (χ1) is 21.1. The van der Waals surface area contributed by atoms with Crippen LogP contribution in [0.25, 0.3) is 82.1 Å². The number of fused-ring (bicyclic) bond motifs is 13. The highest BCUT2D eigenvalue weighted by molar-refractivity contribution is 6.27. The van der Waals surface area contributed by atoms with Crippen molar-refractivity contribution in [2.75, 3.05) is 0 Å². The predicted octanol–water partition coefficient (Wildman–Crippen LogP) is 11.3. The van der Waals surface area contributed by atoms with E-state index >= 15 is 0 Å². The van der Waals surface area contributed by atoms with Crippen molar-refractivity contribution in [2.24, 2.45) is 0 Å². The number of hydrogen-bond acceptors (Lipinski definition) is 1. The van der Waals surface area contributed by atoms with Gasteiger partial charge in [0.15, 0.2) is 0 Å². The summed E-state index contributed by atoms with van der Waals surface area (Å²) in [5.41, 5.74) is 10.8. The molecule has 9 aromatic rings. The van der Waals surface area contributed by atoms with E-state index in [1.54, 1.807) is 0 Å². The molecule has 0 saturated heterocycles. The second-order valence-corrected chi connectivity index (χ2v) is 12.5. The summed E-state index contributed by atoms with van der Waals surface area (Å²) in [6.45, 7) is 4.70. The monoisotopic (exact) mass is 549 g/mol. The first kappa shape index (κ1) is 23.2. The van der Waals surface area contributed by atoms with Gasteiger partial charge in [0.25, 0.3) is 0 Å². The molecule has 2 heterocycles. The van der Waals surface area contributed by atoms with Crippen molar-refractivity contribution in [2.45, 2.75) is 19.3 Å². The van der Waals surface area contributed by atoms with Gasteiger partial charge in [0.05, 0.1) is 11.0 Å². The fourth-order valence-electron chi connectivity index (χ4n) is 7.94. The molecule has 0 unspecified atom stereocenters. The zero-order valence-electron chi connectivity index (χ0n) is 24.0. The Bertz CT molecular complexity index is 2650. The Balaban J connectivity index is 1.35. The molecule has 7 aromatic carbocycles. The lowest BCUT2D eigenvalue weighted by molar-refractivity contribution is 0.660. The lowest BCUT2D eigenvalue weighted by Crippen LogP contribution is -2.15. The number of rotatable bonds is 1. The molecular weight excluding hydrogens is 522 g/mol. The van der Waals surface area contributed by atoms with Crippen molar-refractivity contribution in [3.05, 3.63) is 139 Å². The molecule has 2 heteroatoms. The van der Waals surface area contributed by atoms with Crippen LogP contribution in [0.4, 0.5) is 0 Å². The molecule has 0 fully saturated rings. The minimum atomic E-state index is -0.0690. The molecule has 202 valence electrons. The summed E-state index contributed by atoms with van der Waals surface area (Å²) < 4.78 is 9.02. The number of hydrogen-bond donors (Lipinski definition) is 0. The molecule has 0 atom stereocenters. The van der Waals surface area contributed by atoms with Gasteiger partial charge in [-0.2, -0.15) is 0 Å². The van der Waals surface area contributed by atoms with Crippen molar-refractivity contribution in [3.8, 4) is 16.8 Å². The van der Waals surface area contributed by atoms with E-state index in [0.29, 0.717) is 0 Å². The van der Waals surface area contributed by atoms with Crippen LogP contribution in [0.15, 0.2) is 132 Å². The lowest BCUT2D eigenvalue weighted by Gasteiger charge is -2.22. The average Bonchev–Trinajstić information content (AvgIpc) is 3.65. The van der Waals surface area contributed by atoms with Crippen molar-refractivity contribution < 1.29 is 4.42 Å². The normalized spacial score (nSPS) is 14.0. The van der Waals surface area contributed by atoms with Crippen molar-refractivity contribution in [3.63, 3.8) is 0 Å². The number of benzene rings is 7. The quantitative estimate of drug-likeness (QED) is 0.199. The predicted molar refractivity (Wildman–Crippen MR) is 181 cm³/mol. The molecule has 0 spiro atoms. The number of furan rings is 1. The highest BCUT2D eigenvalue weighted by Gasteiger charge is 2.35. The van der Waals surface area contributed by atoms with E-state index in [-0.39, 0.29) is 5.41 Å². The van der Waals surface area contributed by atoms with Gasteiger partial charge in [-0.25, -0.2) is 0 Å². The van der Waals surface area contributed by atoms with E-state index in [0.717, 1.165) is 22.1 Å². The van der Waals surface area contributed by atoms with Gasteiger partial charge in [0.2, 0.25) is 0 Å². The molecule has 0 radical (unpaired) electrons. The Kier molecular flexibility index (Phi) is 4.29. The van der Waals surface area contributed by atoms with Gasteiger partial charge in [-0.05, 0) is 74.1 Å². The highest BCUT2D eigenvalue weighted by atomic mass is 16.3. The zero-order valence-corrected chi connectivity index (χ0v) is 24.0. The first-order valence-electron chi connectivity index (χ1n) is 15.0. The van der Waals surface area contributed by atoms with Crippen molar-refractivity contribution >= 4 is 65.3 Å². The Hall–Kier alpha value is -5.34. The molecule has 0 N–H and O–H groups in total. The minimum absolute atomic E-state index is 0.0690. The summed E-state index contributed by atoms with van der Waals surface area (Å²) in [6.07, 6.45) is 0. The van der Waals surface area contributed by atoms with Crippen LogP contribution in [-0.4, -0.2) is 4.57 Å². The van der Waals surface area contributed by atoms with Gasteiger partial charge in [-0.3, -0.25) is 0 Å². The highest BCUT2D eigenvalue weighted by Crippen LogP contribution is 2.50. The van der Waals surface area contributed by atoms with E-state index in [4.69, 9.17) is 4.42 Å². The van der Waals surface area contributed by atoms with Gasteiger partial charge in [-0.15, -0.1) is 0 Å². The fourth-order valence-corrected chi connectivity index (χ4v) is 7.94. The zero-order chi connectivity index (χ0) is 28.4. The average molecular weight is 550 g/mol. The molecule has 2 aromatic heterocycles. The molecule has 0 bridgehead atoms. The Morgan fingerprint density at radius 1 is 0.488 bits per heavy atom. The molecule has 1 aliphatic carbocycles. The molecule has 2 nitrogen and oxygen atoms in total. The maximum atomic E-state index is 6.58. The van der Waals surface area contributed by atoms with E-state index in [1.807, 2.05) is 0 Å². The molecule has 0 amide bonds. The molecule has 0 saturated carbocycles. The molecule has 10 rings (SSSR count). The van der Waals surface area contributed by atoms with Gasteiger partial charge in [-0.1, -0.05) is 105 Å². The van der Waals surface area contributed by atoms with Crippen LogP contribution >= 0.6 is 0 Å². The molecule has 43 heavy (non-hydrogen) atoms. The second-order valence-electron chi connectivity index (χ2n) is 12.5. The summed E-state index contributed by atoms with van der Waals surface area (Å²) >= 11 is 0. The number of aromatic nitrogens is 1. The van der Waals surface area contributed by atoms with Crippen molar-refractivity contribution in [1.29, 1.82) is 0 Å². The van der Waals surface area contributed by atoms with Gasteiger partial charge in [0, 0.05) is 38.7 Å². The Labute approximate surface area is 248 Å². The van der Waals surface area contributed by atoms with Crippen LogP contribution in [0, 0.1) is 0 Å². The minimum Gasteiger partial charge on any atom is -0.456 e. The largest absolute Gasteiger partial charge is 0.456 e. The molecule has 0 aliphatic heterocycles. The van der Waals surface area contributed by atoms with Gasteiger partial charge >= 0.3 is 0 Å². The third kappa shape index (κ3) is 2.93. The van der Waals surface area contributed by atoms with Crippen LogP contribution in [0.3, 0.4) is 0 Å². The van der Waals surface area contributed by atoms with Gasteiger partial charge in [0.1, 0.15) is 11.2 Å². The van der Waals surface area contributed by atoms with Crippen LogP contribution in [0.1, 0.15) is 25.0 Å².